The quantitative estimate of drug-likeness (QED) is 0.191. The molecule has 5 aromatic rings. The predicted molar refractivity (Wildman–Crippen MR) is 136 cm³/mol. The molecule has 172 valence electrons. The van der Waals surface area contributed by atoms with Crippen LogP contribution in [0.15, 0.2) is 102 Å². The topological polar surface area (TPSA) is 84.8 Å². The van der Waals surface area contributed by atoms with Crippen LogP contribution in [0.25, 0.3) is 22.8 Å². The molecule has 0 unspecified atom stereocenters. The second kappa shape index (κ2) is 10.1. The summed E-state index contributed by atoms with van der Waals surface area (Å²) in [7, 11) is 0. The van der Waals surface area contributed by atoms with Crippen LogP contribution in [-0.4, -0.2) is 6.21 Å². The van der Waals surface area contributed by atoms with E-state index in [-0.39, 0.29) is 11.4 Å². The van der Waals surface area contributed by atoms with E-state index in [0.29, 0.717) is 40.2 Å². The Morgan fingerprint density at radius 1 is 1.00 bits per heavy atom. The zero-order valence-electron chi connectivity index (χ0n) is 18.1. The maximum Gasteiger partial charge on any atom is 0.238 e. The van der Waals surface area contributed by atoms with E-state index in [9.17, 15) is 5.26 Å². The van der Waals surface area contributed by atoms with Gasteiger partial charge in [0, 0.05) is 11.2 Å². The van der Waals surface area contributed by atoms with Gasteiger partial charge in [0.2, 0.25) is 5.88 Å². The van der Waals surface area contributed by atoms with Crippen LogP contribution in [0.5, 0.6) is 5.75 Å². The summed E-state index contributed by atoms with van der Waals surface area (Å²) in [5, 5.41) is 10.5. The molecule has 0 fully saturated rings. The van der Waals surface area contributed by atoms with Crippen molar-refractivity contribution in [3.63, 3.8) is 0 Å². The van der Waals surface area contributed by atoms with Crippen LogP contribution in [0.2, 0.25) is 5.02 Å². The summed E-state index contributed by atoms with van der Waals surface area (Å²) >= 11 is 9.48. The van der Waals surface area contributed by atoms with E-state index in [1.165, 1.54) is 12.5 Å². The molecule has 3 heterocycles. The highest BCUT2D eigenvalue weighted by Crippen LogP contribution is 2.42. The molecule has 0 aliphatic carbocycles. The van der Waals surface area contributed by atoms with E-state index < -0.39 is 0 Å². The van der Waals surface area contributed by atoms with E-state index in [2.05, 4.69) is 27.0 Å². The SMILES string of the molecule is N#Cc1c(N=Cc2ccc(OCc3ccc(Cl)cc3)c(Br)c2)oc(-c2ccco2)c1-c1ccco1. The largest absolute Gasteiger partial charge is 0.488 e. The molecule has 0 spiro atoms. The molecule has 0 aliphatic rings. The average Bonchev–Trinajstić information content (AvgIpc) is 3.63. The van der Waals surface area contributed by atoms with E-state index in [0.717, 1.165) is 15.6 Å². The normalized spacial score (nSPS) is 11.1. The number of halogens is 2. The fourth-order valence-corrected chi connectivity index (χ4v) is 4.08. The first-order valence-electron chi connectivity index (χ1n) is 10.5. The molecule has 6 nitrogen and oxygen atoms in total. The Balaban J connectivity index is 1.41. The zero-order valence-corrected chi connectivity index (χ0v) is 20.4. The van der Waals surface area contributed by atoms with E-state index in [4.69, 9.17) is 29.6 Å². The van der Waals surface area contributed by atoms with Crippen LogP contribution in [0.1, 0.15) is 16.7 Å². The molecule has 35 heavy (non-hydrogen) atoms. The number of aliphatic imine (C=N–C) groups is 1. The number of benzene rings is 2. The second-order valence-corrected chi connectivity index (χ2v) is 8.71. The van der Waals surface area contributed by atoms with Crippen LogP contribution in [0.4, 0.5) is 5.88 Å². The van der Waals surface area contributed by atoms with Crippen molar-refractivity contribution in [1.29, 1.82) is 5.26 Å². The minimum atomic E-state index is 0.157. The number of hydrogen-bond donors (Lipinski definition) is 0. The van der Waals surface area contributed by atoms with Crippen molar-refractivity contribution in [1.82, 2.24) is 0 Å². The van der Waals surface area contributed by atoms with Crippen molar-refractivity contribution < 1.29 is 18.0 Å². The fourth-order valence-electron chi connectivity index (χ4n) is 3.44. The lowest BCUT2D eigenvalue weighted by molar-refractivity contribution is 0.304. The molecule has 0 bridgehead atoms. The van der Waals surface area contributed by atoms with Gasteiger partial charge in [-0.05, 0) is 81.7 Å². The number of hydrogen-bond acceptors (Lipinski definition) is 6. The van der Waals surface area contributed by atoms with Crippen molar-refractivity contribution in [2.75, 3.05) is 0 Å². The first kappa shape index (κ1) is 22.8. The van der Waals surface area contributed by atoms with Crippen LogP contribution in [0.3, 0.4) is 0 Å². The average molecular weight is 548 g/mol. The summed E-state index contributed by atoms with van der Waals surface area (Å²) in [6.07, 6.45) is 4.69. The number of ether oxygens (including phenoxy) is 1. The molecule has 0 atom stereocenters. The molecule has 0 amide bonds. The van der Waals surface area contributed by atoms with Gasteiger partial charge in [-0.2, -0.15) is 5.26 Å². The molecule has 3 aromatic heterocycles. The number of furan rings is 3. The van der Waals surface area contributed by atoms with Crippen molar-refractivity contribution in [3.8, 4) is 34.7 Å². The fraction of sp³-hybridized carbons (Fsp3) is 0.0370. The molecule has 0 saturated heterocycles. The minimum Gasteiger partial charge on any atom is -0.488 e. The van der Waals surface area contributed by atoms with Crippen molar-refractivity contribution in [2.24, 2.45) is 4.99 Å². The number of nitriles is 1. The first-order valence-corrected chi connectivity index (χ1v) is 11.6. The monoisotopic (exact) mass is 546 g/mol. The standard InChI is InChI=1S/C27H16BrClN2O4/c28-21-13-18(7-10-22(21)34-16-17-5-8-19(29)9-6-17)15-31-27-20(14-30)25(23-3-1-11-32-23)26(35-27)24-4-2-12-33-24/h1-13,15H,16H2. The van der Waals surface area contributed by atoms with Gasteiger partial charge in [0.1, 0.15) is 29.7 Å². The van der Waals surface area contributed by atoms with Gasteiger partial charge in [0.05, 0.1) is 22.6 Å². The Morgan fingerprint density at radius 2 is 1.74 bits per heavy atom. The molecule has 5 rings (SSSR count). The highest BCUT2D eigenvalue weighted by Gasteiger charge is 2.26. The van der Waals surface area contributed by atoms with Crippen LogP contribution in [0, 0.1) is 11.3 Å². The van der Waals surface area contributed by atoms with Gasteiger partial charge >= 0.3 is 0 Å². The molecule has 0 saturated carbocycles. The van der Waals surface area contributed by atoms with Gasteiger partial charge in [0.25, 0.3) is 0 Å². The lowest BCUT2D eigenvalue weighted by atomic mass is 10.1. The van der Waals surface area contributed by atoms with Crippen molar-refractivity contribution in [2.45, 2.75) is 6.61 Å². The van der Waals surface area contributed by atoms with Crippen LogP contribution < -0.4 is 4.74 Å². The van der Waals surface area contributed by atoms with Gasteiger partial charge in [0.15, 0.2) is 11.5 Å². The zero-order chi connectivity index (χ0) is 24.2. The number of rotatable bonds is 7. The van der Waals surface area contributed by atoms with Crippen molar-refractivity contribution in [3.05, 3.63) is 105 Å². The lowest BCUT2D eigenvalue weighted by Gasteiger charge is -2.09. The van der Waals surface area contributed by atoms with Gasteiger partial charge in [-0.25, -0.2) is 4.99 Å². The second-order valence-electron chi connectivity index (χ2n) is 7.42. The Kier molecular flexibility index (Phi) is 6.57. The Hall–Kier alpha value is -3.99. The van der Waals surface area contributed by atoms with Gasteiger partial charge < -0.3 is 18.0 Å². The molecule has 2 aromatic carbocycles. The molecule has 0 N–H and O–H groups in total. The van der Waals surface area contributed by atoms with E-state index in [1.807, 2.05) is 42.5 Å². The summed E-state index contributed by atoms with van der Waals surface area (Å²) in [4.78, 5) is 4.45. The molecular formula is C27H16BrClN2O4. The smallest absolute Gasteiger partial charge is 0.238 e. The Labute approximate surface area is 214 Å². The summed E-state index contributed by atoms with van der Waals surface area (Å²) < 4.78 is 23.7. The Bertz CT molecular complexity index is 1510. The van der Waals surface area contributed by atoms with Crippen molar-refractivity contribution >= 4 is 39.6 Å². The molecule has 0 aliphatic heterocycles. The Morgan fingerprint density at radius 3 is 2.40 bits per heavy atom. The highest BCUT2D eigenvalue weighted by atomic mass is 79.9. The molecule has 0 radical (unpaired) electrons. The third-order valence-corrected chi connectivity index (χ3v) is 5.98. The van der Waals surface area contributed by atoms with Gasteiger partial charge in [-0.15, -0.1) is 0 Å². The summed E-state index contributed by atoms with van der Waals surface area (Å²) in [5.74, 6) is 2.18. The third kappa shape index (κ3) is 4.94. The first-order chi connectivity index (χ1) is 17.1. The summed E-state index contributed by atoms with van der Waals surface area (Å²) in [6, 6.07) is 22.2. The minimum absolute atomic E-state index is 0.157. The summed E-state index contributed by atoms with van der Waals surface area (Å²) in [6.45, 7) is 0.409. The molecule has 8 heteroatoms. The lowest BCUT2D eigenvalue weighted by Crippen LogP contribution is -1.96. The summed E-state index contributed by atoms with van der Waals surface area (Å²) in [5.41, 5.74) is 2.54. The van der Waals surface area contributed by atoms with E-state index >= 15 is 0 Å². The predicted octanol–water partition coefficient (Wildman–Crippen LogP) is 8.42. The maximum atomic E-state index is 9.87. The van der Waals surface area contributed by atoms with E-state index in [1.54, 1.807) is 30.5 Å². The van der Waals surface area contributed by atoms with Gasteiger partial charge in [-0.1, -0.05) is 23.7 Å². The maximum absolute atomic E-state index is 9.87. The third-order valence-electron chi connectivity index (χ3n) is 5.11. The van der Waals surface area contributed by atoms with Crippen LogP contribution in [-0.2, 0) is 6.61 Å². The highest BCUT2D eigenvalue weighted by molar-refractivity contribution is 9.10. The van der Waals surface area contributed by atoms with Crippen LogP contribution >= 0.6 is 27.5 Å². The van der Waals surface area contributed by atoms with Gasteiger partial charge in [-0.3, -0.25) is 0 Å². The molecular weight excluding hydrogens is 532 g/mol. The number of nitrogens with zero attached hydrogens (tertiary/aromatic N) is 2.